The number of fused-ring (bicyclic) bond motifs is 2. The lowest BCUT2D eigenvalue weighted by atomic mass is 9.72. The topological polar surface area (TPSA) is 257 Å². The number of nitrogen functional groups attached to an aromatic ring is 1. The first-order valence-corrected chi connectivity index (χ1v) is 22.8. The number of anilines is 1. The fourth-order valence-corrected chi connectivity index (χ4v) is 9.64. The van der Waals surface area contributed by atoms with Gasteiger partial charge in [-0.05, 0) is 75.6 Å². The van der Waals surface area contributed by atoms with E-state index in [0.717, 1.165) is 36.6 Å². The summed E-state index contributed by atoms with van der Waals surface area (Å²) in [6.07, 6.45) is 5.62. The van der Waals surface area contributed by atoms with E-state index in [-0.39, 0.29) is 47.8 Å². The van der Waals surface area contributed by atoms with Crippen LogP contribution < -0.4 is 33.1 Å². The Kier molecular flexibility index (Phi) is 16.5. The van der Waals surface area contributed by atoms with Gasteiger partial charge in [0.2, 0.25) is 17.7 Å². The minimum Gasteiger partial charge on any atom is -0.393 e. The molecule has 2 aromatic carbocycles. The van der Waals surface area contributed by atoms with Crippen molar-refractivity contribution in [3.8, 4) is 0 Å². The molecule has 9 N–H and O–H groups in total. The molecule has 4 amide bonds. The monoisotopic (exact) mass is 899 g/mol. The molecule has 2 unspecified atom stereocenters. The summed E-state index contributed by atoms with van der Waals surface area (Å²) in [7, 11) is 0. The van der Waals surface area contributed by atoms with E-state index >= 15 is 0 Å². The van der Waals surface area contributed by atoms with Gasteiger partial charge in [-0.1, -0.05) is 73.9 Å². The second-order valence-electron chi connectivity index (χ2n) is 17.8. The summed E-state index contributed by atoms with van der Waals surface area (Å²) in [6.45, 7) is 7.06. The van der Waals surface area contributed by atoms with Crippen LogP contribution in [0.3, 0.4) is 0 Å². The maximum atomic E-state index is 13.8. The summed E-state index contributed by atoms with van der Waals surface area (Å²) in [5.74, 6) is -0.988. The number of likely N-dealkylation sites (tertiary alicyclic amines) is 1. The minimum atomic E-state index is -1.30. The maximum absolute atomic E-state index is 13.8. The van der Waals surface area contributed by atoms with E-state index in [9.17, 15) is 29.1 Å². The van der Waals surface area contributed by atoms with E-state index in [1.165, 1.54) is 22.7 Å². The summed E-state index contributed by atoms with van der Waals surface area (Å²) >= 11 is 1.39. The van der Waals surface area contributed by atoms with Gasteiger partial charge >= 0.3 is 5.69 Å². The first-order chi connectivity index (χ1) is 30.6. The van der Waals surface area contributed by atoms with Crippen LogP contribution in [-0.2, 0) is 25.5 Å². The van der Waals surface area contributed by atoms with Crippen LogP contribution in [0.2, 0.25) is 0 Å². The number of thioether (sulfide) groups is 1. The molecule has 8 atom stereocenters. The Morgan fingerprint density at radius 3 is 2.36 bits per heavy atom. The van der Waals surface area contributed by atoms with Crippen LogP contribution in [0.25, 0.3) is 10.9 Å². The number of carbonyl (C=O) groups excluding carboxylic acids is 4. The van der Waals surface area contributed by atoms with Crippen LogP contribution in [0.4, 0.5) is 5.82 Å². The van der Waals surface area contributed by atoms with E-state index < -0.39 is 59.6 Å². The number of aliphatic hydroxyl groups excluding tert-OH is 2. The first-order valence-electron chi connectivity index (χ1n) is 21.8. The molecule has 3 fully saturated rings. The number of carbonyl (C=O) groups is 4. The Balaban J connectivity index is 0.000000380. The summed E-state index contributed by atoms with van der Waals surface area (Å²) in [5.41, 5.74) is 11.4. The third-order valence-corrected chi connectivity index (χ3v) is 13.0. The van der Waals surface area contributed by atoms with Gasteiger partial charge in [-0.2, -0.15) is 4.98 Å². The number of β-amino-alcohol motifs (C(OH)–C–C–N with tert-alkyl or cyclic N) is 1. The number of nitrogens with one attached hydrogen (secondary N) is 3. The Morgan fingerprint density at radius 1 is 0.953 bits per heavy atom. The summed E-state index contributed by atoms with van der Waals surface area (Å²) < 4.78 is 6.70. The van der Waals surface area contributed by atoms with E-state index in [2.05, 4.69) is 30.8 Å². The second-order valence-corrected chi connectivity index (χ2v) is 19.1. The van der Waals surface area contributed by atoms with Crippen molar-refractivity contribution in [2.45, 2.75) is 106 Å². The molecule has 4 heterocycles. The highest BCUT2D eigenvalue weighted by Crippen LogP contribution is 2.39. The highest BCUT2D eigenvalue weighted by Gasteiger charge is 2.42. The minimum absolute atomic E-state index is 0.0566. The van der Waals surface area contributed by atoms with Crippen molar-refractivity contribution in [1.29, 1.82) is 0 Å². The third-order valence-electron chi connectivity index (χ3n) is 11.7. The zero-order valence-electron chi connectivity index (χ0n) is 36.6. The molecule has 0 bridgehead atoms. The van der Waals surface area contributed by atoms with Gasteiger partial charge in [0.25, 0.3) is 5.91 Å². The van der Waals surface area contributed by atoms with E-state index in [1.54, 1.807) is 30.5 Å². The van der Waals surface area contributed by atoms with Gasteiger partial charge in [-0.15, -0.1) is 11.8 Å². The number of ether oxygens (including phenoxy) is 1. The molecule has 1 aliphatic carbocycles. The largest absolute Gasteiger partial charge is 0.393 e. The predicted octanol–water partition coefficient (Wildman–Crippen LogP) is 2.50. The molecule has 64 heavy (non-hydrogen) atoms. The van der Waals surface area contributed by atoms with Crippen LogP contribution in [0.15, 0.2) is 83.8 Å². The Labute approximate surface area is 377 Å². The van der Waals surface area contributed by atoms with E-state index in [1.807, 2.05) is 69.3 Å². The summed E-state index contributed by atoms with van der Waals surface area (Å²) in [6, 6.07) is 19.2. The van der Waals surface area contributed by atoms with Crippen LogP contribution in [-0.4, -0.2) is 115 Å². The normalized spacial score (nSPS) is 22.5. The van der Waals surface area contributed by atoms with Gasteiger partial charge in [-0.3, -0.25) is 28.6 Å². The van der Waals surface area contributed by atoms with Gasteiger partial charge in [0.05, 0.1) is 43.3 Å². The number of para-hydroxylation sites is 1. The molecule has 1 saturated carbocycles. The number of nitrogens with zero attached hydrogens (tertiary/aromatic N) is 4. The maximum Gasteiger partial charge on any atom is 0.350 e. The quantitative estimate of drug-likeness (QED) is 0.0962. The lowest BCUT2D eigenvalue weighted by Crippen LogP contribution is -2.61. The molecule has 17 nitrogen and oxygen atoms in total. The van der Waals surface area contributed by atoms with Crippen molar-refractivity contribution in [3.05, 3.63) is 101 Å². The van der Waals surface area contributed by atoms with Crippen LogP contribution >= 0.6 is 11.8 Å². The van der Waals surface area contributed by atoms with Gasteiger partial charge in [-0.25, -0.2) is 9.78 Å². The lowest BCUT2D eigenvalue weighted by molar-refractivity contribution is -0.133. The average molecular weight is 900 g/mol. The molecular formula is C46H61N9O8S. The number of hydrogen-bond donors (Lipinski definition) is 7. The van der Waals surface area contributed by atoms with Gasteiger partial charge in [0.1, 0.15) is 28.4 Å². The number of amides is 4. The average Bonchev–Trinajstić information content (AvgIpc) is 3.74. The van der Waals surface area contributed by atoms with Crippen molar-refractivity contribution in [3.63, 3.8) is 0 Å². The Hall–Kier alpha value is -5.40. The molecule has 0 radical (unpaired) electrons. The molecule has 3 aliphatic rings. The summed E-state index contributed by atoms with van der Waals surface area (Å²) in [4.78, 5) is 74.4. The molecular weight excluding hydrogens is 839 g/mol. The number of pyridine rings is 1. The summed E-state index contributed by atoms with van der Waals surface area (Å²) in [5, 5.41) is 30.1. The number of aliphatic hydroxyl groups is 2. The van der Waals surface area contributed by atoms with Crippen molar-refractivity contribution in [2.75, 3.05) is 32.0 Å². The van der Waals surface area contributed by atoms with Crippen LogP contribution in [0.1, 0.15) is 80.7 Å². The molecule has 4 aromatic rings. The molecule has 18 heteroatoms. The smallest absolute Gasteiger partial charge is 0.350 e. The van der Waals surface area contributed by atoms with Gasteiger partial charge in [0, 0.05) is 30.2 Å². The van der Waals surface area contributed by atoms with Crippen LogP contribution in [0, 0.1) is 11.8 Å². The van der Waals surface area contributed by atoms with Gasteiger partial charge < -0.3 is 42.4 Å². The number of hydrogen-bond acceptors (Lipinski definition) is 13. The molecule has 2 aromatic heterocycles. The highest BCUT2D eigenvalue weighted by atomic mass is 32.2. The van der Waals surface area contributed by atoms with E-state index in [0.29, 0.717) is 30.5 Å². The molecule has 2 aliphatic heterocycles. The molecule has 7 rings (SSSR count). The number of benzene rings is 2. The standard InChI is InChI=1S/C38H50N6O5.C8H11N3O3S/c1-38(2,3)43-37(49)32-20-26-14-7-8-15-27(26)22-44(32)23-33(45)30(19-24-11-5-4-6-12-24)41-36(48)31(21-34(39)46)42-35(47)29-18-17-25-13-9-10-16-28(25)40-29;9-5-1-2-11(8(13)10-5)6-4-14-7(3-12)15-6/h4-6,9-13,16-18,26-27,30-33,45H,7-8,14-15,19-23H2,1-3H3,(H2,39,46)(H,41,48)(H,42,47)(H,43,49);1-2,6-7,12H,3-4H2,(H2,9,10,13)/t26-,27+,30-,31-,32-,33+;/m0./s1. The third kappa shape index (κ3) is 13.3. The van der Waals surface area contributed by atoms with Crippen molar-refractivity contribution < 1.29 is 34.1 Å². The Bertz CT molecular complexity index is 2290. The molecule has 344 valence electrons. The number of primary amides is 1. The lowest BCUT2D eigenvalue weighted by Gasteiger charge is -2.47. The zero-order chi connectivity index (χ0) is 46.0. The number of nitrogens with two attached hydrogens (primary N) is 2. The zero-order valence-corrected chi connectivity index (χ0v) is 37.4. The van der Waals surface area contributed by atoms with Crippen LogP contribution in [0.5, 0.6) is 0 Å². The fraction of sp³-hybridized carbons (Fsp3) is 0.500. The fourth-order valence-electron chi connectivity index (χ4n) is 8.59. The first kappa shape index (κ1) is 48.1. The predicted molar refractivity (Wildman–Crippen MR) is 245 cm³/mol. The number of piperidine rings is 1. The second kappa shape index (κ2) is 22.0. The van der Waals surface area contributed by atoms with Crippen molar-refractivity contribution >= 4 is 52.1 Å². The molecule has 0 spiro atoms. The molecule has 2 saturated heterocycles. The Morgan fingerprint density at radius 2 is 1.67 bits per heavy atom. The van der Waals surface area contributed by atoms with Gasteiger partial charge in [0.15, 0.2) is 0 Å². The van der Waals surface area contributed by atoms with Crippen molar-refractivity contribution in [2.24, 2.45) is 17.6 Å². The highest BCUT2D eigenvalue weighted by molar-refractivity contribution is 8.00. The SMILES string of the molecule is CC(C)(C)NC(=O)[C@@H]1C[C@@H]2CCCC[C@@H]2CN1C[C@@H](O)[C@H](Cc1ccccc1)NC(=O)[C@H](CC(N)=O)NC(=O)c1ccc2ccccc2n1.Nc1ccn(C2COC(CO)S2)c(=O)n1. The van der Waals surface area contributed by atoms with Crippen molar-refractivity contribution in [1.82, 2.24) is 35.4 Å². The number of rotatable bonds is 14. The number of aromatic nitrogens is 3. The van der Waals surface area contributed by atoms with E-state index in [4.69, 9.17) is 21.3 Å².